The van der Waals surface area contributed by atoms with E-state index in [4.69, 9.17) is 5.73 Å². The van der Waals surface area contributed by atoms with E-state index in [0.29, 0.717) is 12.3 Å². The number of benzene rings is 1. The van der Waals surface area contributed by atoms with Crippen molar-refractivity contribution in [2.24, 2.45) is 11.7 Å². The Hall–Kier alpha value is -1.39. The van der Waals surface area contributed by atoms with Crippen LogP contribution in [0.4, 0.5) is 0 Å². The molecule has 1 aliphatic heterocycles. The van der Waals surface area contributed by atoms with E-state index in [1.54, 1.807) is 0 Å². The van der Waals surface area contributed by atoms with Gasteiger partial charge in [-0.05, 0) is 43.8 Å². The molecule has 0 bridgehead atoms. The van der Waals surface area contributed by atoms with Crippen LogP contribution in [0.25, 0.3) is 0 Å². The van der Waals surface area contributed by atoms with Crippen LogP contribution < -0.4 is 11.1 Å². The topological polar surface area (TPSA) is 58.4 Å². The molecule has 1 aromatic carbocycles. The first-order chi connectivity index (χ1) is 10.2. The third kappa shape index (κ3) is 5.14. The molecule has 21 heavy (non-hydrogen) atoms. The van der Waals surface area contributed by atoms with E-state index in [1.165, 1.54) is 12.0 Å². The average Bonchev–Trinajstić information content (AvgIpc) is 2.99. The first kappa shape index (κ1) is 16.0. The van der Waals surface area contributed by atoms with Gasteiger partial charge in [-0.15, -0.1) is 0 Å². The van der Waals surface area contributed by atoms with Gasteiger partial charge in [0, 0.05) is 13.1 Å². The Kier molecular flexibility index (Phi) is 6.21. The van der Waals surface area contributed by atoms with Crippen molar-refractivity contribution in [3.8, 4) is 0 Å². The molecule has 0 spiro atoms. The highest BCUT2D eigenvalue weighted by atomic mass is 16.2. The first-order valence-corrected chi connectivity index (χ1v) is 7.98. The Morgan fingerprint density at radius 3 is 2.86 bits per heavy atom. The number of nitrogens with one attached hydrogen (secondary N) is 1. The van der Waals surface area contributed by atoms with Gasteiger partial charge in [-0.25, -0.2) is 0 Å². The molecule has 4 nitrogen and oxygen atoms in total. The zero-order valence-electron chi connectivity index (χ0n) is 12.9. The second-order valence-electron chi connectivity index (χ2n) is 5.92. The van der Waals surface area contributed by atoms with Crippen molar-refractivity contribution >= 4 is 5.91 Å². The second-order valence-corrected chi connectivity index (χ2v) is 5.92. The molecular formula is C17H27N3O. The van der Waals surface area contributed by atoms with Gasteiger partial charge in [-0.1, -0.05) is 37.3 Å². The lowest BCUT2D eigenvalue weighted by Crippen LogP contribution is -2.43. The van der Waals surface area contributed by atoms with Crippen LogP contribution in [-0.4, -0.2) is 43.0 Å². The number of carbonyl (C=O) groups excluding carboxylic acids is 1. The summed E-state index contributed by atoms with van der Waals surface area (Å²) in [6.45, 7) is 6.28. The van der Waals surface area contributed by atoms with Crippen LogP contribution >= 0.6 is 0 Å². The van der Waals surface area contributed by atoms with E-state index in [0.717, 1.165) is 32.6 Å². The molecule has 0 radical (unpaired) electrons. The minimum Gasteiger partial charge on any atom is -0.354 e. The fourth-order valence-electron chi connectivity index (χ4n) is 2.84. The van der Waals surface area contributed by atoms with Gasteiger partial charge in [0.1, 0.15) is 0 Å². The number of hydrogen-bond acceptors (Lipinski definition) is 3. The van der Waals surface area contributed by atoms with E-state index in [1.807, 2.05) is 18.2 Å². The Balaban J connectivity index is 1.66. The lowest BCUT2D eigenvalue weighted by Gasteiger charge is -2.16. The second kappa shape index (κ2) is 8.15. The fraction of sp³-hybridized carbons (Fsp3) is 0.588. The molecule has 1 aromatic rings. The summed E-state index contributed by atoms with van der Waals surface area (Å²) < 4.78 is 0. The van der Waals surface area contributed by atoms with E-state index in [-0.39, 0.29) is 5.91 Å². The van der Waals surface area contributed by atoms with Gasteiger partial charge in [0.15, 0.2) is 0 Å². The van der Waals surface area contributed by atoms with E-state index in [2.05, 4.69) is 29.3 Å². The van der Waals surface area contributed by atoms with Gasteiger partial charge in [-0.3, -0.25) is 4.79 Å². The SMILES string of the molecule is CCN1CCC(CNC(=O)[C@@H](N)CCc2ccccc2)C1. The standard InChI is InChI=1S/C17H27N3O/c1-2-20-11-10-15(13-20)12-19-17(21)16(18)9-8-14-6-4-3-5-7-14/h3-7,15-16H,2,8-13,18H2,1H3,(H,19,21)/t15?,16-/m0/s1. The van der Waals surface area contributed by atoms with Crippen LogP contribution in [0.3, 0.4) is 0 Å². The molecule has 0 aliphatic carbocycles. The van der Waals surface area contributed by atoms with Crippen LogP contribution in [0.15, 0.2) is 30.3 Å². The van der Waals surface area contributed by atoms with Crippen molar-refractivity contribution in [2.45, 2.75) is 32.2 Å². The lowest BCUT2D eigenvalue weighted by molar-refractivity contribution is -0.122. The van der Waals surface area contributed by atoms with Crippen molar-refractivity contribution < 1.29 is 4.79 Å². The predicted octanol–water partition coefficient (Wildman–Crippen LogP) is 1.40. The molecule has 0 aromatic heterocycles. The zero-order chi connectivity index (χ0) is 15.1. The molecule has 1 amide bonds. The number of likely N-dealkylation sites (tertiary alicyclic amines) is 1. The van der Waals surface area contributed by atoms with Gasteiger partial charge in [-0.2, -0.15) is 0 Å². The monoisotopic (exact) mass is 289 g/mol. The molecule has 116 valence electrons. The number of nitrogens with two attached hydrogens (primary N) is 1. The van der Waals surface area contributed by atoms with Crippen molar-refractivity contribution in [1.82, 2.24) is 10.2 Å². The quantitative estimate of drug-likeness (QED) is 0.798. The van der Waals surface area contributed by atoms with Crippen LogP contribution in [0.1, 0.15) is 25.3 Å². The summed E-state index contributed by atoms with van der Waals surface area (Å²) in [6, 6.07) is 9.76. The number of carbonyl (C=O) groups is 1. The van der Waals surface area contributed by atoms with Crippen molar-refractivity contribution in [3.63, 3.8) is 0 Å². The normalized spacial score (nSPS) is 20.4. The summed E-state index contributed by atoms with van der Waals surface area (Å²) in [5.41, 5.74) is 7.21. The molecule has 4 heteroatoms. The molecule has 1 unspecified atom stereocenters. The average molecular weight is 289 g/mol. The van der Waals surface area contributed by atoms with Gasteiger partial charge in [0.05, 0.1) is 6.04 Å². The number of aryl methyl sites for hydroxylation is 1. The zero-order valence-corrected chi connectivity index (χ0v) is 12.9. The fourth-order valence-corrected chi connectivity index (χ4v) is 2.84. The summed E-state index contributed by atoms with van der Waals surface area (Å²) in [5, 5.41) is 3.01. The highest BCUT2D eigenvalue weighted by Gasteiger charge is 2.22. The molecule has 1 fully saturated rings. The van der Waals surface area contributed by atoms with Gasteiger partial charge in [0.25, 0.3) is 0 Å². The van der Waals surface area contributed by atoms with E-state index < -0.39 is 6.04 Å². The highest BCUT2D eigenvalue weighted by molar-refractivity contribution is 5.81. The summed E-state index contributed by atoms with van der Waals surface area (Å²) in [4.78, 5) is 14.4. The lowest BCUT2D eigenvalue weighted by atomic mass is 10.0. The number of hydrogen-bond donors (Lipinski definition) is 2. The van der Waals surface area contributed by atoms with Crippen LogP contribution in [0.5, 0.6) is 0 Å². The Morgan fingerprint density at radius 1 is 1.43 bits per heavy atom. The summed E-state index contributed by atoms with van der Waals surface area (Å²) in [6.07, 6.45) is 2.72. The summed E-state index contributed by atoms with van der Waals surface area (Å²) in [7, 11) is 0. The third-order valence-electron chi connectivity index (χ3n) is 4.31. The van der Waals surface area contributed by atoms with Crippen LogP contribution in [-0.2, 0) is 11.2 Å². The maximum absolute atomic E-state index is 12.0. The minimum atomic E-state index is -0.408. The predicted molar refractivity (Wildman–Crippen MR) is 86.0 cm³/mol. The largest absolute Gasteiger partial charge is 0.354 e. The van der Waals surface area contributed by atoms with Gasteiger partial charge < -0.3 is 16.0 Å². The smallest absolute Gasteiger partial charge is 0.236 e. The van der Waals surface area contributed by atoms with Crippen molar-refractivity contribution in [1.29, 1.82) is 0 Å². The van der Waals surface area contributed by atoms with Crippen molar-refractivity contribution in [2.75, 3.05) is 26.2 Å². The minimum absolute atomic E-state index is 0.0131. The molecule has 1 aliphatic rings. The molecule has 0 saturated carbocycles. The summed E-state index contributed by atoms with van der Waals surface area (Å²) in [5.74, 6) is 0.566. The van der Waals surface area contributed by atoms with Gasteiger partial charge in [0.2, 0.25) is 5.91 Å². The Bertz CT molecular complexity index is 435. The molecule has 1 saturated heterocycles. The van der Waals surface area contributed by atoms with Crippen LogP contribution in [0, 0.1) is 5.92 Å². The molecule has 2 rings (SSSR count). The van der Waals surface area contributed by atoms with Crippen LogP contribution in [0.2, 0.25) is 0 Å². The Labute approximate surface area is 127 Å². The van der Waals surface area contributed by atoms with E-state index in [9.17, 15) is 4.79 Å². The maximum atomic E-state index is 12.0. The number of rotatable bonds is 7. The summed E-state index contributed by atoms with van der Waals surface area (Å²) >= 11 is 0. The first-order valence-electron chi connectivity index (χ1n) is 7.98. The van der Waals surface area contributed by atoms with Crippen molar-refractivity contribution in [3.05, 3.63) is 35.9 Å². The number of nitrogens with zero attached hydrogens (tertiary/aromatic N) is 1. The molecule has 1 heterocycles. The van der Waals surface area contributed by atoms with E-state index >= 15 is 0 Å². The molecule has 2 atom stereocenters. The maximum Gasteiger partial charge on any atom is 0.236 e. The third-order valence-corrected chi connectivity index (χ3v) is 4.31. The highest BCUT2D eigenvalue weighted by Crippen LogP contribution is 2.14. The molecular weight excluding hydrogens is 262 g/mol. The number of amides is 1. The van der Waals surface area contributed by atoms with Gasteiger partial charge >= 0.3 is 0 Å². The Morgan fingerprint density at radius 2 is 2.19 bits per heavy atom. The molecule has 3 N–H and O–H groups in total.